The van der Waals surface area contributed by atoms with Gasteiger partial charge in [-0.25, -0.2) is 4.98 Å². The van der Waals surface area contributed by atoms with Crippen LogP contribution < -0.4 is 5.73 Å². The van der Waals surface area contributed by atoms with Crippen LogP contribution in [0, 0.1) is 5.92 Å². The van der Waals surface area contributed by atoms with Crippen LogP contribution in [-0.2, 0) is 11.2 Å². The molecule has 1 aliphatic rings. The number of piperidine rings is 1. The molecule has 6 heteroatoms. The minimum atomic E-state index is 0.141. The van der Waals surface area contributed by atoms with Gasteiger partial charge in [0.1, 0.15) is 5.01 Å². The van der Waals surface area contributed by atoms with Crippen LogP contribution in [0.5, 0.6) is 0 Å². The molecule has 0 radical (unpaired) electrons. The van der Waals surface area contributed by atoms with E-state index in [0.717, 1.165) is 42.2 Å². The predicted octanol–water partition coefficient (Wildman–Crippen LogP) is 2.33. The lowest BCUT2D eigenvalue weighted by molar-refractivity contribution is -0.132. The van der Waals surface area contributed by atoms with Gasteiger partial charge in [-0.15, -0.1) is 11.3 Å². The number of aromatic nitrogens is 2. The van der Waals surface area contributed by atoms with Gasteiger partial charge in [0.2, 0.25) is 5.91 Å². The summed E-state index contributed by atoms with van der Waals surface area (Å²) in [4.78, 5) is 23.1. The van der Waals surface area contributed by atoms with Gasteiger partial charge in [0.05, 0.1) is 12.1 Å². The summed E-state index contributed by atoms with van der Waals surface area (Å²) >= 11 is 1.55. The van der Waals surface area contributed by atoms with Crippen LogP contribution in [0.4, 0.5) is 0 Å². The monoisotopic (exact) mass is 330 g/mol. The molecule has 2 atom stereocenters. The number of thiazole rings is 1. The molecule has 1 aliphatic heterocycles. The number of nitrogens with zero attached hydrogens (tertiary/aromatic N) is 3. The lowest BCUT2D eigenvalue weighted by Gasteiger charge is -2.34. The molecule has 0 spiro atoms. The Labute approximate surface area is 140 Å². The van der Waals surface area contributed by atoms with Crippen molar-refractivity contribution in [1.82, 2.24) is 14.9 Å². The Morgan fingerprint density at radius 1 is 1.57 bits per heavy atom. The number of nitrogens with two attached hydrogens (primary N) is 1. The van der Waals surface area contributed by atoms with E-state index in [1.54, 1.807) is 23.7 Å². The number of amides is 1. The van der Waals surface area contributed by atoms with Crippen molar-refractivity contribution in [2.45, 2.75) is 32.2 Å². The highest BCUT2D eigenvalue weighted by Gasteiger charge is 2.26. The van der Waals surface area contributed by atoms with Crippen molar-refractivity contribution in [2.24, 2.45) is 11.7 Å². The van der Waals surface area contributed by atoms with Gasteiger partial charge in [0.25, 0.3) is 0 Å². The smallest absolute Gasteiger partial charge is 0.228 e. The fourth-order valence-corrected chi connectivity index (χ4v) is 3.75. The van der Waals surface area contributed by atoms with Crippen LogP contribution in [0.2, 0.25) is 0 Å². The van der Waals surface area contributed by atoms with E-state index in [2.05, 4.69) is 9.97 Å². The van der Waals surface area contributed by atoms with Gasteiger partial charge in [0.15, 0.2) is 0 Å². The van der Waals surface area contributed by atoms with Crippen LogP contribution in [-0.4, -0.2) is 39.9 Å². The van der Waals surface area contributed by atoms with E-state index in [0.29, 0.717) is 12.3 Å². The topological polar surface area (TPSA) is 72.1 Å². The molecule has 3 rings (SSSR count). The molecule has 0 bridgehead atoms. The maximum atomic E-state index is 12.5. The fourth-order valence-electron chi connectivity index (χ4n) is 2.94. The van der Waals surface area contributed by atoms with Crippen molar-refractivity contribution in [3.8, 4) is 10.6 Å². The van der Waals surface area contributed by atoms with E-state index < -0.39 is 0 Å². The molecular formula is C17H22N4OS. The highest BCUT2D eigenvalue weighted by Crippen LogP contribution is 2.24. The molecule has 3 heterocycles. The molecule has 1 saturated heterocycles. The molecule has 2 aromatic rings. The molecule has 0 aliphatic carbocycles. The number of carbonyl (C=O) groups is 1. The second-order valence-corrected chi connectivity index (χ2v) is 7.02. The van der Waals surface area contributed by atoms with E-state index >= 15 is 0 Å². The maximum absolute atomic E-state index is 12.5. The van der Waals surface area contributed by atoms with Gasteiger partial charge in [-0.3, -0.25) is 9.78 Å². The SMILES string of the molecule is CC(N)C1CCCN(C(=O)Cc2csc(-c3cccnc3)n2)C1. The highest BCUT2D eigenvalue weighted by molar-refractivity contribution is 7.13. The Hall–Kier alpha value is -1.79. The average Bonchev–Trinajstić information content (AvgIpc) is 3.04. The Morgan fingerprint density at radius 3 is 3.17 bits per heavy atom. The van der Waals surface area contributed by atoms with Crippen LogP contribution in [0.25, 0.3) is 10.6 Å². The van der Waals surface area contributed by atoms with Crippen molar-refractivity contribution in [2.75, 3.05) is 13.1 Å². The molecule has 0 aromatic carbocycles. The zero-order chi connectivity index (χ0) is 16.2. The lowest BCUT2D eigenvalue weighted by Crippen LogP contribution is -2.45. The quantitative estimate of drug-likeness (QED) is 0.934. The first kappa shape index (κ1) is 16.1. The Kier molecular flexibility index (Phi) is 5.03. The van der Waals surface area contributed by atoms with E-state index in [1.807, 2.05) is 29.3 Å². The standard InChI is InChI=1S/C17H22N4OS/c1-12(18)14-5-3-7-21(10-14)16(22)8-15-11-23-17(20-15)13-4-2-6-19-9-13/h2,4,6,9,11-12,14H,3,5,7-8,10,18H2,1H3. The number of hydrogen-bond acceptors (Lipinski definition) is 5. The van der Waals surface area contributed by atoms with Gasteiger partial charge in [-0.2, -0.15) is 0 Å². The summed E-state index contributed by atoms with van der Waals surface area (Å²) in [5.41, 5.74) is 7.82. The highest BCUT2D eigenvalue weighted by atomic mass is 32.1. The molecule has 1 fully saturated rings. The van der Waals surface area contributed by atoms with Crippen LogP contribution in [0.15, 0.2) is 29.9 Å². The number of carbonyl (C=O) groups excluding carboxylic acids is 1. The van der Waals surface area contributed by atoms with Crippen molar-refractivity contribution >= 4 is 17.2 Å². The van der Waals surface area contributed by atoms with Crippen molar-refractivity contribution in [1.29, 1.82) is 0 Å². The molecule has 1 amide bonds. The first-order valence-electron chi connectivity index (χ1n) is 8.01. The Balaban J connectivity index is 1.63. The van der Waals surface area contributed by atoms with E-state index in [1.165, 1.54) is 0 Å². The largest absolute Gasteiger partial charge is 0.342 e. The van der Waals surface area contributed by atoms with Crippen molar-refractivity contribution < 1.29 is 4.79 Å². The second-order valence-electron chi connectivity index (χ2n) is 6.16. The zero-order valence-corrected chi connectivity index (χ0v) is 14.1. The summed E-state index contributed by atoms with van der Waals surface area (Å²) in [6.45, 7) is 3.64. The summed E-state index contributed by atoms with van der Waals surface area (Å²) in [5, 5.41) is 2.88. The normalized spacial score (nSPS) is 19.6. The van der Waals surface area contributed by atoms with E-state index in [-0.39, 0.29) is 11.9 Å². The van der Waals surface area contributed by atoms with Gasteiger partial charge >= 0.3 is 0 Å². The second kappa shape index (κ2) is 7.19. The van der Waals surface area contributed by atoms with Gasteiger partial charge in [-0.05, 0) is 37.8 Å². The summed E-state index contributed by atoms with van der Waals surface area (Å²) in [5.74, 6) is 0.562. The molecule has 2 unspecified atom stereocenters. The first-order chi connectivity index (χ1) is 11.1. The third kappa shape index (κ3) is 3.95. The summed E-state index contributed by atoms with van der Waals surface area (Å²) in [6, 6.07) is 4.01. The van der Waals surface area contributed by atoms with Crippen LogP contribution in [0.3, 0.4) is 0 Å². The van der Waals surface area contributed by atoms with Crippen LogP contribution >= 0.6 is 11.3 Å². The van der Waals surface area contributed by atoms with Crippen molar-refractivity contribution in [3.05, 3.63) is 35.6 Å². The molecule has 0 saturated carbocycles. The zero-order valence-electron chi connectivity index (χ0n) is 13.3. The minimum absolute atomic E-state index is 0.141. The Bertz CT molecular complexity index is 656. The Morgan fingerprint density at radius 2 is 2.43 bits per heavy atom. The van der Waals surface area contributed by atoms with E-state index in [4.69, 9.17) is 5.73 Å². The van der Waals surface area contributed by atoms with Crippen LogP contribution in [0.1, 0.15) is 25.5 Å². The minimum Gasteiger partial charge on any atom is -0.342 e. The third-order valence-corrected chi connectivity index (χ3v) is 5.29. The number of hydrogen-bond donors (Lipinski definition) is 1. The average molecular weight is 330 g/mol. The van der Waals surface area contributed by atoms with Gasteiger partial charge < -0.3 is 10.6 Å². The number of rotatable bonds is 4. The summed E-state index contributed by atoms with van der Waals surface area (Å²) in [7, 11) is 0. The summed E-state index contributed by atoms with van der Waals surface area (Å²) in [6.07, 6.45) is 6.05. The van der Waals surface area contributed by atoms with Gasteiger partial charge in [-0.1, -0.05) is 0 Å². The molecule has 122 valence electrons. The van der Waals surface area contributed by atoms with Gasteiger partial charge in [0, 0.05) is 42.5 Å². The molecule has 2 N–H and O–H groups in total. The molecule has 2 aromatic heterocycles. The maximum Gasteiger partial charge on any atom is 0.228 e. The third-order valence-electron chi connectivity index (χ3n) is 4.35. The van der Waals surface area contributed by atoms with Crippen molar-refractivity contribution in [3.63, 3.8) is 0 Å². The number of pyridine rings is 1. The number of likely N-dealkylation sites (tertiary alicyclic amines) is 1. The molecule has 5 nitrogen and oxygen atoms in total. The summed E-state index contributed by atoms with van der Waals surface area (Å²) < 4.78 is 0. The fraction of sp³-hybridized carbons (Fsp3) is 0.471. The molecule has 23 heavy (non-hydrogen) atoms. The predicted molar refractivity (Wildman–Crippen MR) is 92.0 cm³/mol. The van der Waals surface area contributed by atoms with E-state index in [9.17, 15) is 4.79 Å². The molecular weight excluding hydrogens is 308 g/mol. The lowest BCUT2D eigenvalue weighted by atomic mass is 9.92. The first-order valence-corrected chi connectivity index (χ1v) is 8.89.